The highest BCUT2D eigenvalue weighted by molar-refractivity contribution is 7.81. The first-order valence-electron chi connectivity index (χ1n) is 3.02. The van der Waals surface area contributed by atoms with E-state index >= 15 is 0 Å². The predicted molar refractivity (Wildman–Crippen MR) is 40.8 cm³/mol. The minimum atomic E-state index is 0. The molecule has 0 radical (unpaired) electrons. The second kappa shape index (κ2) is 3.36. The fourth-order valence-corrected chi connectivity index (χ4v) is 1.33. The van der Waals surface area contributed by atoms with E-state index in [1.807, 2.05) is 0 Å². The molecule has 1 aliphatic rings. The Morgan fingerprint density at radius 3 is 2.25 bits per heavy atom. The van der Waals surface area contributed by atoms with Crippen molar-refractivity contribution in [3.8, 4) is 0 Å². The van der Waals surface area contributed by atoms with Crippen molar-refractivity contribution >= 4 is 12.6 Å². The van der Waals surface area contributed by atoms with Gasteiger partial charge in [-0.2, -0.15) is 12.6 Å². The topological polar surface area (TPSA) is 35.0 Å². The van der Waals surface area contributed by atoms with Crippen molar-refractivity contribution in [1.29, 1.82) is 0 Å². The molecule has 1 saturated carbocycles. The molecule has 2 heteroatoms. The minimum Gasteiger partial charge on any atom is -0.344 e. The third kappa shape index (κ3) is 2.05. The van der Waals surface area contributed by atoms with E-state index in [2.05, 4.69) is 19.6 Å². The van der Waals surface area contributed by atoms with Gasteiger partial charge in [0.2, 0.25) is 0 Å². The maximum atomic E-state index is 4.31. The molecule has 0 spiro atoms. The third-order valence-corrected chi connectivity index (χ3v) is 2.18. The molecule has 8 heavy (non-hydrogen) atoms. The zero-order chi connectivity index (χ0) is 5.28. The summed E-state index contributed by atoms with van der Waals surface area (Å²) in [6, 6.07) is 0. The summed E-state index contributed by atoms with van der Waals surface area (Å²) < 4.78 is 0. The quantitative estimate of drug-likeness (QED) is 0.557. The Kier molecular flexibility index (Phi) is 3.49. The van der Waals surface area contributed by atoms with Crippen LogP contribution in [-0.4, -0.2) is 5.25 Å². The molecule has 50 valence electrons. The molecule has 1 nitrogen and oxygen atoms in total. The summed E-state index contributed by atoms with van der Waals surface area (Å²) in [5.41, 5.74) is 0. The highest BCUT2D eigenvalue weighted by Crippen LogP contribution is 2.38. The molecule has 1 fully saturated rings. The van der Waals surface area contributed by atoms with Crippen molar-refractivity contribution in [3.05, 3.63) is 0 Å². The van der Waals surface area contributed by atoms with E-state index in [1.165, 1.54) is 19.3 Å². The van der Waals surface area contributed by atoms with E-state index < -0.39 is 0 Å². The lowest BCUT2D eigenvalue weighted by molar-refractivity contribution is 0.711. The van der Waals surface area contributed by atoms with E-state index in [4.69, 9.17) is 0 Å². The van der Waals surface area contributed by atoms with Crippen LogP contribution >= 0.6 is 12.6 Å². The smallest absolute Gasteiger partial charge is 0.00485 e. The van der Waals surface area contributed by atoms with Crippen LogP contribution in [0.3, 0.4) is 0 Å². The lowest BCUT2D eigenvalue weighted by Gasteiger charge is -1.86. The summed E-state index contributed by atoms with van der Waals surface area (Å²) >= 11 is 4.31. The van der Waals surface area contributed by atoms with Gasteiger partial charge in [-0.05, 0) is 18.8 Å². The fraction of sp³-hybridized carbons (Fsp3) is 1.00. The standard InChI is InChI=1S/C6H12S.H3N/c1-2-3-5-4-6(5)7;/h5-7H,2-4H2,1H3;1H3. The Labute approximate surface area is 56.8 Å². The number of hydrogen-bond acceptors (Lipinski definition) is 2. The Bertz CT molecular complexity index is 65.5. The van der Waals surface area contributed by atoms with Crippen molar-refractivity contribution in [2.45, 2.75) is 31.4 Å². The lowest BCUT2D eigenvalue weighted by atomic mass is 10.2. The highest BCUT2D eigenvalue weighted by atomic mass is 32.1. The molecule has 0 aromatic heterocycles. The Hall–Kier alpha value is 0.310. The Balaban J connectivity index is 0.000000490. The number of hydrogen-bond donors (Lipinski definition) is 2. The number of rotatable bonds is 2. The Morgan fingerprint density at radius 2 is 2.12 bits per heavy atom. The first-order chi connectivity index (χ1) is 3.34. The summed E-state index contributed by atoms with van der Waals surface area (Å²) in [7, 11) is 0. The SMILES string of the molecule is CCCC1CC1S.N. The molecule has 2 atom stereocenters. The van der Waals surface area contributed by atoms with Gasteiger partial charge in [0.25, 0.3) is 0 Å². The normalized spacial score (nSPS) is 33.8. The highest BCUT2D eigenvalue weighted by Gasteiger charge is 2.31. The van der Waals surface area contributed by atoms with Crippen LogP contribution in [0.4, 0.5) is 0 Å². The summed E-state index contributed by atoms with van der Waals surface area (Å²) in [4.78, 5) is 0. The van der Waals surface area contributed by atoms with Gasteiger partial charge in [-0.15, -0.1) is 0 Å². The van der Waals surface area contributed by atoms with Crippen LogP contribution < -0.4 is 6.15 Å². The zero-order valence-corrected chi connectivity index (χ0v) is 6.32. The van der Waals surface area contributed by atoms with Crippen LogP contribution in [-0.2, 0) is 0 Å². The van der Waals surface area contributed by atoms with Gasteiger partial charge in [0.05, 0.1) is 0 Å². The van der Waals surface area contributed by atoms with E-state index in [-0.39, 0.29) is 6.15 Å². The molecular weight excluding hydrogens is 118 g/mol. The fourth-order valence-electron chi connectivity index (χ4n) is 0.913. The van der Waals surface area contributed by atoms with E-state index in [0.29, 0.717) is 0 Å². The minimum absolute atomic E-state index is 0. The largest absolute Gasteiger partial charge is 0.344 e. The van der Waals surface area contributed by atoms with E-state index in [1.54, 1.807) is 0 Å². The number of thiol groups is 1. The molecule has 2 unspecified atom stereocenters. The molecule has 1 rings (SSSR count). The first kappa shape index (κ1) is 8.31. The predicted octanol–water partition coefficient (Wildman–Crippen LogP) is 2.27. The van der Waals surface area contributed by atoms with Crippen LogP contribution in [0.15, 0.2) is 0 Å². The average molecular weight is 133 g/mol. The first-order valence-corrected chi connectivity index (χ1v) is 3.54. The van der Waals surface area contributed by atoms with Gasteiger partial charge in [-0.1, -0.05) is 13.3 Å². The molecule has 3 N–H and O–H groups in total. The maximum absolute atomic E-state index is 4.31. The van der Waals surface area contributed by atoms with E-state index in [0.717, 1.165) is 11.2 Å². The molecule has 0 aliphatic heterocycles. The molecule has 0 amide bonds. The molecule has 0 heterocycles. The van der Waals surface area contributed by atoms with Gasteiger partial charge >= 0.3 is 0 Å². The van der Waals surface area contributed by atoms with Crippen molar-refractivity contribution in [2.75, 3.05) is 0 Å². The van der Waals surface area contributed by atoms with Crippen LogP contribution in [0.1, 0.15) is 26.2 Å². The Morgan fingerprint density at radius 1 is 1.62 bits per heavy atom. The summed E-state index contributed by atoms with van der Waals surface area (Å²) in [5, 5.41) is 0.764. The van der Waals surface area contributed by atoms with Crippen LogP contribution in [0, 0.1) is 5.92 Å². The van der Waals surface area contributed by atoms with Gasteiger partial charge in [-0.3, -0.25) is 0 Å². The monoisotopic (exact) mass is 133 g/mol. The van der Waals surface area contributed by atoms with Crippen LogP contribution in [0.5, 0.6) is 0 Å². The molecule has 0 aromatic rings. The molecule has 0 saturated heterocycles. The lowest BCUT2D eigenvalue weighted by Crippen LogP contribution is -1.75. The van der Waals surface area contributed by atoms with Gasteiger partial charge in [0.1, 0.15) is 0 Å². The zero-order valence-electron chi connectivity index (χ0n) is 5.43. The van der Waals surface area contributed by atoms with Crippen molar-refractivity contribution in [3.63, 3.8) is 0 Å². The third-order valence-electron chi connectivity index (χ3n) is 1.54. The van der Waals surface area contributed by atoms with Gasteiger partial charge < -0.3 is 6.15 Å². The second-order valence-corrected chi connectivity index (χ2v) is 3.02. The summed E-state index contributed by atoms with van der Waals surface area (Å²) in [5.74, 6) is 0.980. The van der Waals surface area contributed by atoms with Crippen LogP contribution in [0.2, 0.25) is 0 Å². The van der Waals surface area contributed by atoms with Gasteiger partial charge in [0, 0.05) is 5.25 Å². The van der Waals surface area contributed by atoms with Gasteiger partial charge in [0.15, 0.2) is 0 Å². The van der Waals surface area contributed by atoms with Crippen molar-refractivity contribution in [1.82, 2.24) is 6.15 Å². The summed E-state index contributed by atoms with van der Waals surface area (Å²) in [6.45, 7) is 2.23. The van der Waals surface area contributed by atoms with Crippen molar-refractivity contribution < 1.29 is 0 Å². The van der Waals surface area contributed by atoms with Gasteiger partial charge in [-0.25, -0.2) is 0 Å². The molecule has 0 bridgehead atoms. The second-order valence-electron chi connectivity index (χ2n) is 2.35. The average Bonchev–Trinajstić information content (AvgIpc) is 2.22. The molecule has 1 aliphatic carbocycles. The molecular formula is C6H15NS. The maximum Gasteiger partial charge on any atom is 0.00485 e. The molecule has 0 aromatic carbocycles. The van der Waals surface area contributed by atoms with E-state index in [9.17, 15) is 0 Å². The van der Waals surface area contributed by atoms with Crippen molar-refractivity contribution in [2.24, 2.45) is 5.92 Å². The van der Waals surface area contributed by atoms with Crippen LogP contribution in [0.25, 0.3) is 0 Å². The summed E-state index contributed by atoms with van der Waals surface area (Å²) in [6.07, 6.45) is 4.10.